The van der Waals surface area contributed by atoms with E-state index in [2.05, 4.69) is 12.2 Å². The van der Waals surface area contributed by atoms with E-state index in [4.69, 9.17) is 5.11 Å². The second-order valence-electron chi connectivity index (χ2n) is 4.84. The molecule has 1 aliphatic carbocycles. The minimum absolute atomic E-state index is 0.102. The first-order valence-electron chi connectivity index (χ1n) is 6.04. The van der Waals surface area contributed by atoms with Gasteiger partial charge in [-0.1, -0.05) is 26.7 Å². The van der Waals surface area contributed by atoms with E-state index in [9.17, 15) is 4.79 Å². The van der Waals surface area contributed by atoms with Crippen LogP contribution in [0.2, 0.25) is 0 Å². The number of aliphatic hydroxyl groups is 1. The molecule has 0 aromatic heterocycles. The molecule has 1 rings (SSSR count). The maximum atomic E-state index is 12.0. The summed E-state index contributed by atoms with van der Waals surface area (Å²) in [5.74, 6) is 0.354. The second kappa shape index (κ2) is 5.50. The average molecular weight is 213 g/mol. The number of rotatable bonds is 5. The monoisotopic (exact) mass is 213 g/mol. The predicted molar refractivity (Wildman–Crippen MR) is 60.5 cm³/mol. The van der Waals surface area contributed by atoms with E-state index in [1.165, 1.54) is 12.8 Å². The van der Waals surface area contributed by atoms with Gasteiger partial charge in [0.05, 0.1) is 0 Å². The van der Waals surface area contributed by atoms with Crippen molar-refractivity contribution in [1.29, 1.82) is 0 Å². The number of nitrogens with one attached hydrogen (secondary N) is 1. The van der Waals surface area contributed by atoms with Crippen LogP contribution in [0.4, 0.5) is 0 Å². The lowest BCUT2D eigenvalue weighted by molar-refractivity contribution is -0.131. The van der Waals surface area contributed by atoms with Crippen LogP contribution in [0.1, 0.15) is 46.0 Å². The molecular weight excluding hydrogens is 190 g/mol. The fraction of sp³-hybridized carbons (Fsp3) is 0.917. The Labute approximate surface area is 92.3 Å². The summed E-state index contributed by atoms with van der Waals surface area (Å²) >= 11 is 0. The lowest BCUT2D eigenvalue weighted by Crippen LogP contribution is -2.41. The molecule has 1 saturated carbocycles. The molecule has 0 saturated heterocycles. The van der Waals surface area contributed by atoms with Crippen molar-refractivity contribution < 1.29 is 9.90 Å². The smallest absolute Gasteiger partial charge is 0.226 e. The zero-order chi connectivity index (χ0) is 11.3. The first-order valence-corrected chi connectivity index (χ1v) is 6.04. The maximum absolute atomic E-state index is 12.0. The van der Waals surface area contributed by atoms with Crippen LogP contribution < -0.4 is 5.32 Å². The van der Waals surface area contributed by atoms with E-state index in [0.29, 0.717) is 6.54 Å². The Kier molecular flexibility index (Phi) is 4.58. The molecule has 0 heterocycles. The number of aliphatic hydroxyl groups excluding tert-OH is 1. The molecule has 88 valence electrons. The van der Waals surface area contributed by atoms with Crippen molar-refractivity contribution in [1.82, 2.24) is 5.32 Å². The molecule has 0 aromatic rings. The van der Waals surface area contributed by atoms with E-state index in [0.717, 1.165) is 19.3 Å². The largest absolute Gasteiger partial charge is 0.396 e. The van der Waals surface area contributed by atoms with Crippen LogP contribution in [0.15, 0.2) is 0 Å². The molecular formula is C12H23NO2. The third-order valence-corrected chi connectivity index (χ3v) is 3.64. The molecule has 15 heavy (non-hydrogen) atoms. The van der Waals surface area contributed by atoms with Crippen molar-refractivity contribution in [2.45, 2.75) is 46.0 Å². The molecule has 1 amide bonds. The molecule has 0 aromatic carbocycles. The van der Waals surface area contributed by atoms with Crippen molar-refractivity contribution in [3.8, 4) is 0 Å². The molecule has 1 aliphatic rings. The Hall–Kier alpha value is -0.570. The van der Waals surface area contributed by atoms with Crippen molar-refractivity contribution in [3.05, 3.63) is 0 Å². The number of amides is 1. The van der Waals surface area contributed by atoms with Crippen molar-refractivity contribution in [2.24, 2.45) is 11.3 Å². The van der Waals surface area contributed by atoms with Crippen molar-refractivity contribution in [2.75, 3.05) is 13.2 Å². The van der Waals surface area contributed by atoms with Crippen LogP contribution in [0, 0.1) is 11.3 Å². The summed E-state index contributed by atoms with van der Waals surface area (Å²) < 4.78 is 0. The van der Waals surface area contributed by atoms with Gasteiger partial charge in [-0.2, -0.15) is 0 Å². The molecule has 1 unspecified atom stereocenters. The molecule has 1 fully saturated rings. The molecule has 0 aliphatic heterocycles. The van der Waals surface area contributed by atoms with E-state index in [-0.39, 0.29) is 23.8 Å². The highest BCUT2D eigenvalue weighted by atomic mass is 16.3. The van der Waals surface area contributed by atoms with Gasteiger partial charge in [0, 0.05) is 18.6 Å². The third kappa shape index (κ3) is 2.94. The van der Waals surface area contributed by atoms with Gasteiger partial charge in [0.1, 0.15) is 0 Å². The molecule has 0 spiro atoms. The summed E-state index contributed by atoms with van der Waals surface area (Å²) in [6.07, 6.45) is 5.35. The Morgan fingerprint density at radius 2 is 2.07 bits per heavy atom. The maximum Gasteiger partial charge on any atom is 0.226 e. The minimum atomic E-state index is -0.102. The van der Waals surface area contributed by atoms with Gasteiger partial charge in [0.25, 0.3) is 0 Å². The summed E-state index contributed by atoms with van der Waals surface area (Å²) in [6, 6.07) is 0. The van der Waals surface area contributed by atoms with Gasteiger partial charge in [-0.25, -0.2) is 0 Å². The van der Waals surface area contributed by atoms with Crippen molar-refractivity contribution in [3.63, 3.8) is 0 Å². The van der Waals surface area contributed by atoms with Gasteiger partial charge in [0.15, 0.2) is 0 Å². The van der Waals surface area contributed by atoms with Crippen LogP contribution in [0.25, 0.3) is 0 Å². The SMILES string of the molecule is CCC1(C(=O)NCC(C)CO)CCCC1. The molecule has 0 radical (unpaired) electrons. The normalized spacial score (nSPS) is 21.3. The van der Waals surface area contributed by atoms with Gasteiger partial charge in [-0.3, -0.25) is 4.79 Å². The van der Waals surface area contributed by atoms with Gasteiger partial charge < -0.3 is 10.4 Å². The van der Waals surface area contributed by atoms with Gasteiger partial charge >= 0.3 is 0 Å². The van der Waals surface area contributed by atoms with E-state index in [1.807, 2.05) is 6.92 Å². The van der Waals surface area contributed by atoms with Crippen LogP contribution in [-0.4, -0.2) is 24.2 Å². The van der Waals surface area contributed by atoms with Gasteiger partial charge in [-0.15, -0.1) is 0 Å². The first kappa shape index (κ1) is 12.5. The van der Waals surface area contributed by atoms with Crippen molar-refractivity contribution >= 4 is 5.91 Å². The highest BCUT2D eigenvalue weighted by Crippen LogP contribution is 2.41. The average Bonchev–Trinajstić information content (AvgIpc) is 2.75. The second-order valence-corrected chi connectivity index (χ2v) is 4.84. The standard InChI is InChI=1S/C12H23NO2/c1-3-12(6-4-5-7-12)11(15)13-8-10(2)9-14/h10,14H,3-9H2,1-2H3,(H,13,15). The Bertz CT molecular complexity index is 210. The van der Waals surface area contributed by atoms with E-state index in [1.54, 1.807) is 0 Å². The summed E-state index contributed by atoms with van der Waals surface area (Å²) in [4.78, 5) is 12.0. The number of hydrogen-bond donors (Lipinski definition) is 2. The highest BCUT2D eigenvalue weighted by molar-refractivity contribution is 5.82. The summed E-state index contributed by atoms with van der Waals surface area (Å²) in [5, 5.41) is 11.9. The first-order chi connectivity index (χ1) is 7.14. The lowest BCUT2D eigenvalue weighted by Gasteiger charge is -2.26. The predicted octanol–water partition coefficient (Wildman–Crippen LogP) is 1.70. The number of carbonyl (C=O) groups is 1. The fourth-order valence-corrected chi connectivity index (χ4v) is 2.31. The zero-order valence-corrected chi connectivity index (χ0v) is 9.88. The quantitative estimate of drug-likeness (QED) is 0.730. The van der Waals surface area contributed by atoms with E-state index >= 15 is 0 Å². The summed E-state index contributed by atoms with van der Waals surface area (Å²) in [6.45, 7) is 4.77. The lowest BCUT2D eigenvalue weighted by atomic mass is 9.82. The highest BCUT2D eigenvalue weighted by Gasteiger charge is 2.38. The Morgan fingerprint density at radius 3 is 2.53 bits per heavy atom. The topological polar surface area (TPSA) is 49.3 Å². The van der Waals surface area contributed by atoms with Gasteiger partial charge in [0.2, 0.25) is 5.91 Å². The molecule has 1 atom stereocenters. The minimum Gasteiger partial charge on any atom is -0.396 e. The number of hydrogen-bond acceptors (Lipinski definition) is 2. The number of carbonyl (C=O) groups excluding carboxylic acids is 1. The van der Waals surface area contributed by atoms with Crippen LogP contribution in [0.5, 0.6) is 0 Å². The summed E-state index contributed by atoms with van der Waals surface area (Å²) in [7, 11) is 0. The van der Waals surface area contributed by atoms with E-state index < -0.39 is 0 Å². The third-order valence-electron chi connectivity index (χ3n) is 3.64. The van der Waals surface area contributed by atoms with Crippen LogP contribution in [-0.2, 0) is 4.79 Å². The van der Waals surface area contributed by atoms with Gasteiger partial charge in [-0.05, 0) is 25.2 Å². The molecule has 2 N–H and O–H groups in total. The molecule has 3 heteroatoms. The molecule has 0 bridgehead atoms. The Balaban J connectivity index is 2.44. The zero-order valence-electron chi connectivity index (χ0n) is 9.88. The van der Waals surface area contributed by atoms with Crippen LogP contribution in [0.3, 0.4) is 0 Å². The summed E-state index contributed by atoms with van der Waals surface area (Å²) in [5.41, 5.74) is -0.102. The fourth-order valence-electron chi connectivity index (χ4n) is 2.31. The Morgan fingerprint density at radius 1 is 1.47 bits per heavy atom. The molecule has 3 nitrogen and oxygen atoms in total. The van der Waals surface area contributed by atoms with Crippen LogP contribution >= 0.6 is 0 Å².